The number of rotatable bonds is 0. The summed E-state index contributed by atoms with van der Waals surface area (Å²) in [5.74, 6) is 0. The zero-order valence-corrected chi connectivity index (χ0v) is 3.66. The molecule has 1 N–H and O–H groups in total. The Kier molecular flexibility index (Phi) is 86.2. The number of hydrogen-bond acceptors (Lipinski definition) is 2. The Bertz CT molecular complexity index is 38.9. The first kappa shape index (κ1) is 8.84. The molecule has 0 radical (unpaired) electrons. The van der Waals surface area contributed by atoms with E-state index in [4.69, 9.17) is 9.73 Å². The molecule has 0 spiro atoms. The van der Waals surface area contributed by atoms with Crippen LogP contribution >= 0.6 is 8.25 Å². The van der Waals surface area contributed by atoms with Crippen molar-refractivity contribution in [3.8, 4) is 0 Å². The molecule has 0 unspecified atom stereocenters. The first-order valence-corrected chi connectivity index (χ1v) is 1.72. The van der Waals surface area contributed by atoms with Crippen molar-refractivity contribution in [1.82, 2.24) is 0 Å². The van der Waals surface area contributed by atoms with Crippen molar-refractivity contribution in [2.45, 2.75) is 0 Å². The van der Waals surface area contributed by atoms with Crippen LogP contribution in [0.1, 0.15) is 0 Å². The van der Waals surface area contributed by atoms with Crippen LogP contribution in [-0.4, -0.2) is 0 Å². The first-order valence-electron chi connectivity index (χ1n) is 0.906. The van der Waals surface area contributed by atoms with Gasteiger partial charge in [0.2, 0.25) is 0 Å². The topological polar surface area (TPSA) is 40.9 Å². The average molecular weight is 90.0 g/mol. The molecule has 0 saturated heterocycles. The van der Waals surface area contributed by atoms with Crippen molar-refractivity contribution in [3.63, 3.8) is 0 Å². The Labute approximate surface area is 32.2 Å². The molecular weight excluding hydrogens is 85.0 g/mol. The Morgan fingerprint density at radius 3 is 1.60 bits per heavy atom. The summed E-state index contributed by atoms with van der Waals surface area (Å²) in [6, 6.07) is 0. The fraction of sp³-hybridized carbons (Fsp3) is 0. The van der Waals surface area contributed by atoms with Gasteiger partial charge in [-0.1, -0.05) is 0 Å². The molecular formula is C2H5NOP+. The SMILES string of the molecule is C=C.N=[P+]=O. The van der Waals surface area contributed by atoms with Crippen LogP contribution < -0.4 is 0 Å². The zero-order chi connectivity index (χ0) is 4.71. The molecule has 0 atom stereocenters. The summed E-state index contributed by atoms with van der Waals surface area (Å²) in [6.07, 6.45) is 0. The van der Waals surface area contributed by atoms with Crippen LogP contribution in [0, 0.1) is 5.16 Å². The molecule has 28 valence electrons. The summed E-state index contributed by atoms with van der Waals surface area (Å²) in [4.78, 5) is 0. The van der Waals surface area contributed by atoms with Crippen LogP contribution in [0.2, 0.25) is 0 Å². The Morgan fingerprint density at radius 1 is 1.60 bits per heavy atom. The van der Waals surface area contributed by atoms with Crippen molar-refractivity contribution >= 4 is 8.25 Å². The molecule has 0 amide bonds. The van der Waals surface area contributed by atoms with Crippen LogP contribution in [0.4, 0.5) is 0 Å². The van der Waals surface area contributed by atoms with E-state index in [9.17, 15) is 0 Å². The summed E-state index contributed by atoms with van der Waals surface area (Å²) in [5, 5.41) is 5.62. The van der Waals surface area contributed by atoms with E-state index in [0.29, 0.717) is 0 Å². The molecule has 3 heteroatoms. The van der Waals surface area contributed by atoms with Crippen LogP contribution in [0.15, 0.2) is 13.2 Å². The Morgan fingerprint density at radius 2 is 1.60 bits per heavy atom. The molecule has 5 heavy (non-hydrogen) atoms. The van der Waals surface area contributed by atoms with E-state index in [1.54, 1.807) is 0 Å². The van der Waals surface area contributed by atoms with Crippen LogP contribution in [0.25, 0.3) is 0 Å². The van der Waals surface area contributed by atoms with Gasteiger partial charge in [0.15, 0.2) is 0 Å². The van der Waals surface area contributed by atoms with Gasteiger partial charge >= 0.3 is 18.0 Å². The number of nitrogens with one attached hydrogen (secondary N) is 1. The molecule has 0 aliphatic carbocycles. The van der Waals surface area contributed by atoms with E-state index >= 15 is 0 Å². The molecule has 0 rings (SSSR count). The van der Waals surface area contributed by atoms with Crippen molar-refractivity contribution in [2.24, 2.45) is 0 Å². The fourth-order valence-electron chi connectivity index (χ4n) is 0. The van der Waals surface area contributed by atoms with Gasteiger partial charge in [-0.2, -0.15) is 0 Å². The van der Waals surface area contributed by atoms with Crippen LogP contribution in [0.5, 0.6) is 0 Å². The van der Waals surface area contributed by atoms with Gasteiger partial charge < -0.3 is 0 Å². The van der Waals surface area contributed by atoms with E-state index in [1.165, 1.54) is 0 Å². The number of hydrogen-bond donors (Lipinski definition) is 1. The predicted molar refractivity (Wildman–Crippen MR) is 21.6 cm³/mol. The molecule has 0 saturated carbocycles. The van der Waals surface area contributed by atoms with E-state index in [-0.39, 0.29) is 0 Å². The first-order chi connectivity index (χ1) is 2.41. The van der Waals surface area contributed by atoms with Crippen LogP contribution in [0.3, 0.4) is 0 Å². The fourth-order valence-corrected chi connectivity index (χ4v) is 0. The third-order valence-corrected chi connectivity index (χ3v) is 0. The second-order valence-corrected chi connectivity index (χ2v) is 0.274. The molecule has 0 aliphatic rings. The molecule has 2 nitrogen and oxygen atoms in total. The van der Waals surface area contributed by atoms with Crippen molar-refractivity contribution in [1.29, 1.82) is 5.16 Å². The molecule has 0 bridgehead atoms. The molecule has 0 aromatic heterocycles. The van der Waals surface area contributed by atoms with Gasteiger partial charge in [-0.15, -0.1) is 13.2 Å². The molecule has 0 heterocycles. The maximum absolute atomic E-state index is 8.57. The van der Waals surface area contributed by atoms with E-state index < -0.39 is 8.25 Å². The Balaban J connectivity index is 0. The molecule has 0 fully saturated rings. The van der Waals surface area contributed by atoms with Crippen molar-refractivity contribution < 1.29 is 4.57 Å². The van der Waals surface area contributed by atoms with Gasteiger partial charge in [0.25, 0.3) is 0 Å². The molecule has 0 aliphatic heterocycles. The molecule has 0 aromatic carbocycles. The van der Waals surface area contributed by atoms with Gasteiger partial charge in [0, 0.05) is 0 Å². The minimum absolute atomic E-state index is 0.583. The van der Waals surface area contributed by atoms with E-state index in [1.807, 2.05) is 0 Å². The maximum atomic E-state index is 8.57. The minimum atomic E-state index is -0.583. The third kappa shape index (κ3) is 223. The second kappa shape index (κ2) is 48.8. The van der Waals surface area contributed by atoms with Gasteiger partial charge in [-0.25, -0.2) is 0 Å². The summed E-state index contributed by atoms with van der Waals surface area (Å²) >= 11 is 0. The normalized spacial score (nSPS) is 3.20. The Hall–Kier alpha value is -0.230. The standard InChI is InChI=1S/C2H4.HNOP/c1-2;1-3-2/h1-2H2;1H/q;+1. The van der Waals surface area contributed by atoms with Gasteiger partial charge in [-0.05, 0) is 0 Å². The summed E-state index contributed by atoms with van der Waals surface area (Å²) in [6.45, 7) is 6.00. The summed E-state index contributed by atoms with van der Waals surface area (Å²) in [7, 11) is -0.583. The molecule has 0 aromatic rings. The van der Waals surface area contributed by atoms with Crippen molar-refractivity contribution in [2.75, 3.05) is 0 Å². The zero-order valence-electron chi connectivity index (χ0n) is 2.77. The quantitative estimate of drug-likeness (QED) is 0.358. The van der Waals surface area contributed by atoms with E-state index in [0.717, 1.165) is 0 Å². The van der Waals surface area contributed by atoms with Gasteiger partial charge in [-0.3, -0.25) is 0 Å². The van der Waals surface area contributed by atoms with Gasteiger partial charge in [0.1, 0.15) is 0 Å². The second-order valence-electron chi connectivity index (χ2n) is 0.0913. The van der Waals surface area contributed by atoms with Crippen molar-refractivity contribution in [3.05, 3.63) is 13.2 Å². The van der Waals surface area contributed by atoms with Crippen LogP contribution in [-0.2, 0) is 4.57 Å². The predicted octanol–water partition coefficient (Wildman–Crippen LogP) is 1.84. The van der Waals surface area contributed by atoms with E-state index in [2.05, 4.69) is 13.2 Å². The average Bonchev–Trinajstić information content (AvgIpc) is 1.46. The summed E-state index contributed by atoms with van der Waals surface area (Å²) in [5.41, 5.74) is 0. The summed E-state index contributed by atoms with van der Waals surface area (Å²) < 4.78 is 8.57. The monoisotopic (exact) mass is 90.0 g/mol. The third-order valence-electron chi connectivity index (χ3n) is 0. The van der Waals surface area contributed by atoms with Gasteiger partial charge in [0.05, 0.1) is 0 Å².